The molecule has 2 N–H and O–H groups in total. The van der Waals surface area contributed by atoms with Crippen molar-refractivity contribution >= 4 is 15.5 Å². The Morgan fingerprint density at radius 2 is 1.75 bits per heavy atom. The third kappa shape index (κ3) is 2.20. The second kappa shape index (κ2) is 3.46. The molecule has 88 valence electrons. The average molecular weight is 240 g/mol. The molecule has 1 aliphatic heterocycles. The van der Waals surface area contributed by atoms with Gasteiger partial charge in [0.15, 0.2) is 9.84 Å². The van der Waals surface area contributed by atoms with Gasteiger partial charge in [0.05, 0.1) is 4.90 Å². The summed E-state index contributed by atoms with van der Waals surface area (Å²) in [6.45, 7) is 3.63. The van der Waals surface area contributed by atoms with E-state index < -0.39 is 9.84 Å². The molecular formula is C11H16N2O2S. The summed E-state index contributed by atoms with van der Waals surface area (Å²) in [6, 6.07) is 6.92. The fourth-order valence-electron chi connectivity index (χ4n) is 1.91. The lowest BCUT2D eigenvalue weighted by molar-refractivity contribution is 0.365. The topological polar surface area (TPSA) is 63.4 Å². The van der Waals surface area contributed by atoms with Gasteiger partial charge >= 0.3 is 0 Å². The summed E-state index contributed by atoms with van der Waals surface area (Å²) in [7, 11) is -3.10. The van der Waals surface area contributed by atoms with E-state index in [2.05, 4.69) is 4.90 Å². The van der Waals surface area contributed by atoms with Gasteiger partial charge in [-0.2, -0.15) is 0 Å². The molecule has 16 heavy (non-hydrogen) atoms. The van der Waals surface area contributed by atoms with E-state index in [-0.39, 0.29) is 5.54 Å². The highest BCUT2D eigenvalue weighted by atomic mass is 32.2. The van der Waals surface area contributed by atoms with E-state index in [0.29, 0.717) is 4.90 Å². The molecule has 1 heterocycles. The van der Waals surface area contributed by atoms with Crippen LogP contribution in [0.3, 0.4) is 0 Å². The Hall–Kier alpha value is -1.07. The van der Waals surface area contributed by atoms with Gasteiger partial charge in [-0.1, -0.05) is 0 Å². The Morgan fingerprint density at radius 3 is 2.12 bits per heavy atom. The quantitative estimate of drug-likeness (QED) is 0.823. The van der Waals surface area contributed by atoms with E-state index in [1.807, 2.05) is 19.1 Å². The molecule has 5 heteroatoms. The number of anilines is 1. The first-order valence-corrected chi connectivity index (χ1v) is 7.01. The summed E-state index contributed by atoms with van der Waals surface area (Å²) < 4.78 is 22.5. The standard InChI is InChI=1S/C11H16N2O2S/c1-11(12)7-13(8-11)9-3-5-10(6-4-9)16(2,14)15/h3-6H,7-8,12H2,1-2H3. The zero-order valence-electron chi connectivity index (χ0n) is 9.47. The molecule has 0 amide bonds. The van der Waals surface area contributed by atoms with Crippen molar-refractivity contribution in [3.8, 4) is 0 Å². The fraction of sp³-hybridized carbons (Fsp3) is 0.455. The minimum atomic E-state index is -3.10. The summed E-state index contributed by atoms with van der Waals surface area (Å²) in [5.74, 6) is 0. The molecule has 0 atom stereocenters. The monoisotopic (exact) mass is 240 g/mol. The Kier molecular flexibility index (Phi) is 2.47. The van der Waals surface area contributed by atoms with Gasteiger partial charge in [0, 0.05) is 30.6 Å². The number of sulfone groups is 1. The highest BCUT2D eigenvalue weighted by molar-refractivity contribution is 7.90. The summed E-state index contributed by atoms with van der Waals surface area (Å²) >= 11 is 0. The Labute approximate surface area is 96.0 Å². The van der Waals surface area contributed by atoms with E-state index in [1.54, 1.807) is 12.1 Å². The smallest absolute Gasteiger partial charge is 0.175 e. The highest BCUT2D eigenvalue weighted by Crippen LogP contribution is 2.26. The molecule has 1 saturated heterocycles. The molecule has 2 rings (SSSR count). The molecule has 1 fully saturated rings. The highest BCUT2D eigenvalue weighted by Gasteiger charge is 2.34. The van der Waals surface area contributed by atoms with Crippen LogP contribution in [0.15, 0.2) is 29.2 Å². The van der Waals surface area contributed by atoms with Gasteiger partial charge in [0.25, 0.3) is 0 Å². The summed E-state index contributed by atoms with van der Waals surface area (Å²) in [5.41, 5.74) is 6.82. The van der Waals surface area contributed by atoms with E-state index in [9.17, 15) is 8.42 Å². The predicted molar refractivity (Wildman–Crippen MR) is 64.4 cm³/mol. The first-order valence-electron chi connectivity index (χ1n) is 5.12. The van der Waals surface area contributed by atoms with Crippen LogP contribution in [-0.2, 0) is 9.84 Å². The molecule has 1 aromatic carbocycles. The SMILES string of the molecule is CC1(N)CN(c2ccc(S(C)(=O)=O)cc2)C1. The van der Waals surface area contributed by atoms with E-state index in [4.69, 9.17) is 5.73 Å². The van der Waals surface area contributed by atoms with Crippen molar-refractivity contribution in [3.05, 3.63) is 24.3 Å². The lowest BCUT2D eigenvalue weighted by Gasteiger charge is -2.47. The van der Waals surface area contributed by atoms with E-state index in [0.717, 1.165) is 18.8 Å². The van der Waals surface area contributed by atoms with Gasteiger partial charge in [0.2, 0.25) is 0 Å². The van der Waals surface area contributed by atoms with Crippen LogP contribution in [0.4, 0.5) is 5.69 Å². The predicted octanol–water partition coefficient (Wildman–Crippen LogP) is 0.627. The second-order valence-corrected chi connectivity index (χ2v) is 6.79. The van der Waals surface area contributed by atoms with Crippen LogP contribution in [0.1, 0.15) is 6.92 Å². The van der Waals surface area contributed by atoms with Crippen LogP contribution in [0.5, 0.6) is 0 Å². The van der Waals surface area contributed by atoms with Crippen LogP contribution >= 0.6 is 0 Å². The minimum absolute atomic E-state index is 0.116. The zero-order valence-corrected chi connectivity index (χ0v) is 10.3. The molecule has 1 aliphatic rings. The molecule has 4 nitrogen and oxygen atoms in total. The van der Waals surface area contributed by atoms with Gasteiger partial charge in [-0.15, -0.1) is 0 Å². The Bertz CT molecular complexity index is 483. The van der Waals surface area contributed by atoms with Gasteiger partial charge in [-0.05, 0) is 31.2 Å². The van der Waals surface area contributed by atoms with Gasteiger partial charge in [-0.3, -0.25) is 0 Å². The third-order valence-corrected chi connectivity index (χ3v) is 3.86. The van der Waals surface area contributed by atoms with Crippen molar-refractivity contribution in [3.63, 3.8) is 0 Å². The zero-order chi connectivity index (χ0) is 12.0. The number of hydrogen-bond donors (Lipinski definition) is 1. The van der Waals surface area contributed by atoms with Gasteiger partial charge in [-0.25, -0.2) is 8.42 Å². The molecule has 0 unspecified atom stereocenters. The molecule has 0 bridgehead atoms. The summed E-state index contributed by atoms with van der Waals surface area (Å²) in [4.78, 5) is 2.48. The van der Waals surface area contributed by atoms with Crippen LogP contribution in [-0.4, -0.2) is 33.3 Å². The van der Waals surface area contributed by atoms with Crippen LogP contribution in [0.25, 0.3) is 0 Å². The van der Waals surface area contributed by atoms with E-state index >= 15 is 0 Å². The van der Waals surface area contributed by atoms with Crippen molar-refractivity contribution in [2.75, 3.05) is 24.2 Å². The maximum absolute atomic E-state index is 11.3. The number of benzene rings is 1. The Balaban J connectivity index is 2.16. The maximum atomic E-state index is 11.3. The lowest BCUT2D eigenvalue weighted by Crippen LogP contribution is -2.65. The number of rotatable bonds is 2. The van der Waals surface area contributed by atoms with Crippen molar-refractivity contribution < 1.29 is 8.42 Å². The molecular weight excluding hydrogens is 224 g/mol. The molecule has 0 spiro atoms. The van der Waals surface area contributed by atoms with Crippen LogP contribution in [0.2, 0.25) is 0 Å². The molecule has 0 aromatic heterocycles. The normalized spacial score (nSPS) is 19.3. The van der Waals surface area contributed by atoms with Crippen LogP contribution in [0, 0.1) is 0 Å². The fourth-order valence-corrected chi connectivity index (χ4v) is 2.54. The van der Waals surface area contributed by atoms with Crippen molar-refractivity contribution in [2.24, 2.45) is 5.73 Å². The Morgan fingerprint density at radius 1 is 1.25 bits per heavy atom. The number of hydrogen-bond acceptors (Lipinski definition) is 4. The average Bonchev–Trinajstić information content (AvgIpc) is 2.13. The van der Waals surface area contributed by atoms with E-state index in [1.165, 1.54) is 6.26 Å². The summed E-state index contributed by atoms with van der Waals surface area (Å²) in [5, 5.41) is 0. The van der Waals surface area contributed by atoms with Crippen molar-refractivity contribution in [2.45, 2.75) is 17.4 Å². The molecule has 0 aliphatic carbocycles. The van der Waals surface area contributed by atoms with Crippen molar-refractivity contribution in [1.82, 2.24) is 0 Å². The third-order valence-electron chi connectivity index (χ3n) is 2.73. The van der Waals surface area contributed by atoms with Gasteiger partial charge in [0.1, 0.15) is 0 Å². The maximum Gasteiger partial charge on any atom is 0.175 e. The molecule has 0 saturated carbocycles. The largest absolute Gasteiger partial charge is 0.368 e. The van der Waals surface area contributed by atoms with Crippen molar-refractivity contribution in [1.29, 1.82) is 0 Å². The number of nitrogens with zero attached hydrogens (tertiary/aromatic N) is 1. The second-order valence-electron chi connectivity index (χ2n) is 4.78. The first kappa shape index (κ1) is 11.4. The van der Waals surface area contributed by atoms with Gasteiger partial charge < -0.3 is 10.6 Å². The first-order chi connectivity index (χ1) is 7.28. The lowest BCUT2D eigenvalue weighted by atomic mass is 9.93. The van der Waals surface area contributed by atoms with Crippen LogP contribution < -0.4 is 10.6 Å². The molecule has 1 aromatic rings. The minimum Gasteiger partial charge on any atom is -0.368 e. The summed E-state index contributed by atoms with van der Waals surface area (Å²) in [6.07, 6.45) is 1.21. The number of nitrogens with two attached hydrogens (primary N) is 1. The molecule has 0 radical (unpaired) electrons.